The molecule has 0 saturated carbocycles. The SMILES string of the molecule is Cc1cnc(C(=O)N(C)CC2CCCN2)cn1. The normalized spacial score (nSPS) is 19.3. The molecule has 1 amide bonds. The first-order valence-electron chi connectivity index (χ1n) is 5.94. The van der Waals surface area contributed by atoms with Crippen molar-refractivity contribution in [2.24, 2.45) is 0 Å². The highest BCUT2D eigenvalue weighted by atomic mass is 16.2. The average molecular weight is 234 g/mol. The van der Waals surface area contributed by atoms with Gasteiger partial charge in [-0.2, -0.15) is 0 Å². The standard InChI is InChI=1S/C12H18N4O/c1-9-6-15-11(7-14-9)12(17)16(2)8-10-4-3-5-13-10/h6-7,10,13H,3-5,8H2,1-2H3. The Morgan fingerprint density at radius 3 is 2.94 bits per heavy atom. The van der Waals surface area contributed by atoms with Gasteiger partial charge in [0, 0.05) is 25.8 Å². The molecule has 92 valence electrons. The number of hydrogen-bond donors (Lipinski definition) is 1. The zero-order valence-corrected chi connectivity index (χ0v) is 10.3. The fourth-order valence-corrected chi connectivity index (χ4v) is 2.02. The topological polar surface area (TPSA) is 58.1 Å². The number of nitrogens with one attached hydrogen (secondary N) is 1. The van der Waals surface area contributed by atoms with Gasteiger partial charge in [0.25, 0.3) is 5.91 Å². The predicted molar refractivity (Wildman–Crippen MR) is 64.8 cm³/mol. The molecule has 0 bridgehead atoms. The highest BCUT2D eigenvalue weighted by Gasteiger charge is 2.20. The summed E-state index contributed by atoms with van der Waals surface area (Å²) in [5.41, 5.74) is 1.23. The Hall–Kier alpha value is -1.49. The summed E-state index contributed by atoms with van der Waals surface area (Å²) >= 11 is 0. The average Bonchev–Trinajstić information content (AvgIpc) is 2.82. The summed E-state index contributed by atoms with van der Waals surface area (Å²) < 4.78 is 0. The van der Waals surface area contributed by atoms with Crippen molar-refractivity contribution in [3.63, 3.8) is 0 Å². The molecule has 1 saturated heterocycles. The minimum atomic E-state index is -0.0637. The van der Waals surface area contributed by atoms with Crippen LogP contribution >= 0.6 is 0 Å². The van der Waals surface area contributed by atoms with Crippen LogP contribution in [-0.2, 0) is 0 Å². The van der Waals surface area contributed by atoms with E-state index in [0.29, 0.717) is 11.7 Å². The molecular weight excluding hydrogens is 216 g/mol. The second kappa shape index (κ2) is 5.23. The number of aryl methyl sites for hydroxylation is 1. The molecule has 1 fully saturated rings. The van der Waals surface area contributed by atoms with Crippen molar-refractivity contribution in [3.05, 3.63) is 23.8 Å². The van der Waals surface area contributed by atoms with E-state index in [9.17, 15) is 4.79 Å². The van der Waals surface area contributed by atoms with Gasteiger partial charge < -0.3 is 10.2 Å². The van der Waals surface area contributed by atoms with E-state index in [1.165, 1.54) is 12.6 Å². The maximum Gasteiger partial charge on any atom is 0.273 e. The molecule has 1 N–H and O–H groups in total. The van der Waals surface area contributed by atoms with E-state index in [1.54, 1.807) is 11.1 Å². The Morgan fingerprint density at radius 1 is 1.53 bits per heavy atom. The summed E-state index contributed by atoms with van der Waals surface area (Å²) in [4.78, 5) is 21.9. The van der Waals surface area contributed by atoms with Gasteiger partial charge >= 0.3 is 0 Å². The van der Waals surface area contributed by atoms with Gasteiger partial charge in [-0.15, -0.1) is 0 Å². The molecule has 2 rings (SSSR count). The molecule has 0 aliphatic carbocycles. The second-order valence-corrected chi connectivity index (χ2v) is 4.52. The minimum Gasteiger partial charge on any atom is -0.339 e. The molecule has 0 spiro atoms. The Kier molecular flexibility index (Phi) is 3.68. The zero-order chi connectivity index (χ0) is 12.3. The smallest absolute Gasteiger partial charge is 0.273 e. The number of carbonyl (C=O) groups excluding carboxylic acids is 1. The first kappa shape index (κ1) is 12.0. The van der Waals surface area contributed by atoms with Crippen LogP contribution in [0.25, 0.3) is 0 Å². The third-order valence-corrected chi connectivity index (χ3v) is 3.00. The largest absolute Gasteiger partial charge is 0.339 e. The van der Waals surface area contributed by atoms with Crippen molar-refractivity contribution >= 4 is 5.91 Å². The van der Waals surface area contributed by atoms with Crippen molar-refractivity contribution in [1.82, 2.24) is 20.2 Å². The van der Waals surface area contributed by atoms with Crippen molar-refractivity contribution in [3.8, 4) is 0 Å². The molecule has 1 aliphatic heterocycles. The van der Waals surface area contributed by atoms with Gasteiger partial charge in [0.15, 0.2) is 0 Å². The number of hydrogen-bond acceptors (Lipinski definition) is 4. The van der Waals surface area contributed by atoms with E-state index in [4.69, 9.17) is 0 Å². The van der Waals surface area contributed by atoms with Crippen LogP contribution in [0.3, 0.4) is 0 Å². The fraction of sp³-hybridized carbons (Fsp3) is 0.583. The first-order valence-corrected chi connectivity index (χ1v) is 5.94. The third kappa shape index (κ3) is 3.00. The number of carbonyl (C=O) groups is 1. The van der Waals surface area contributed by atoms with Gasteiger partial charge in [-0.05, 0) is 26.3 Å². The summed E-state index contributed by atoms with van der Waals surface area (Å²) in [5, 5.41) is 3.37. The maximum atomic E-state index is 12.0. The van der Waals surface area contributed by atoms with E-state index in [0.717, 1.165) is 25.2 Å². The van der Waals surface area contributed by atoms with Crippen molar-refractivity contribution in [2.75, 3.05) is 20.1 Å². The quantitative estimate of drug-likeness (QED) is 0.832. The highest BCUT2D eigenvalue weighted by molar-refractivity contribution is 5.91. The Labute approximate surface area is 101 Å². The molecular formula is C12H18N4O. The second-order valence-electron chi connectivity index (χ2n) is 4.52. The van der Waals surface area contributed by atoms with Crippen molar-refractivity contribution in [1.29, 1.82) is 0 Å². The number of nitrogens with zero attached hydrogens (tertiary/aromatic N) is 3. The third-order valence-electron chi connectivity index (χ3n) is 3.00. The minimum absolute atomic E-state index is 0.0637. The van der Waals surface area contributed by atoms with E-state index in [-0.39, 0.29) is 5.91 Å². The van der Waals surface area contributed by atoms with Gasteiger partial charge in [0.05, 0.1) is 11.9 Å². The van der Waals surface area contributed by atoms with E-state index in [2.05, 4.69) is 15.3 Å². The number of amides is 1. The lowest BCUT2D eigenvalue weighted by Gasteiger charge is -2.20. The van der Waals surface area contributed by atoms with Crippen LogP contribution in [0.2, 0.25) is 0 Å². The van der Waals surface area contributed by atoms with Gasteiger partial charge in [0.1, 0.15) is 5.69 Å². The number of aromatic nitrogens is 2. The Balaban J connectivity index is 1.96. The monoisotopic (exact) mass is 234 g/mol. The number of likely N-dealkylation sites (N-methyl/N-ethyl adjacent to an activating group) is 1. The van der Waals surface area contributed by atoms with Gasteiger partial charge in [-0.25, -0.2) is 4.98 Å². The maximum absolute atomic E-state index is 12.0. The van der Waals surface area contributed by atoms with Crippen LogP contribution in [0.15, 0.2) is 12.4 Å². The lowest BCUT2D eigenvalue weighted by Crippen LogP contribution is -2.39. The van der Waals surface area contributed by atoms with Gasteiger partial charge in [-0.1, -0.05) is 0 Å². The molecule has 1 aromatic rings. The molecule has 2 heterocycles. The molecule has 1 aliphatic rings. The first-order chi connectivity index (χ1) is 8.16. The van der Waals surface area contributed by atoms with E-state index < -0.39 is 0 Å². The Bertz CT molecular complexity index is 384. The van der Waals surface area contributed by atoms with Crippen LogP contribution in [0.1, 0.15) is 29.0 Å². The lowest BCUT2D eigenvalue weighted by molar-refractivity contribution is 0.0777. The summed E-state index contributed by atoms with van der Waals surface area (Å²) in [6.45, 7) is 3.64. The van der Waals surface area contributed by atoms with Crippen LogP contribution < -0.4 is 5.32 Å². The summed E-state index contributed by atoms with van der Waals surface area (Å²) in [6, 6.07) is 0.419. The van der Waals surface area contributed by atoms with Crippen LogP contribution in [0.4, 0.5) is 0 Å². The summed E-state index contributed by atoms with van der Waals surface area (Å²) in [6.07, 6.45) is 5.49. The molecule has 0 aromatic carbocycles. The van der Waals surface area contributed by atoms with Crippen LogP contribution in [-0.4, -0.2) is 47.0 Å². The summed E-state index contributed by atoms with van der Waals surface area (Å²) in [7, 11) is 1.81. The molecule has 1 unspecified atom stereocenters. The summed E-state index contributed by atoms with van der Waals surface area (Å²) in [5.74, 6) is -0.0637. The molecule has 5 nitrogen and oxygen atoms in total. The van der Waals surface area contributed by atoms with E-state index >= 15 is 0 Å². The van der Waals surface area contributed by atoms with Crippen molar-refractivity contribution < 1.29 is 4.79 Å². The van der Waals surface area contributed by atoms with Crippen LogP contribution in [0, 0.1) is 6.92 Å². The van der Waals surface area contributed by atoms with Crippen LogP contribution in [0.5, 0.6) is 0 Å². The van der Waals surface area contributed by atoms with Gasteiger partial charge in [0.2, 0.25) is 0 Å². The molecule has 0 radical (unpaired) electrons. The molecule has 17 heavy (non-hydrogen) atoms. The highest BCUT2D eigenvalue weighted by Crippen LogP contribution is 2.07. The van der Waals surface area contributed by atoms with Crippen molar-refractivity contribution in [2.45, 2.75) is 25.8 Å². The lowest BCUT2D eigenvalue weighted by atomic mass is 10.2. The Morgan fingerprint density at radius 2 is 2.35 bits per heavy atom. The number of rotatable bonds is 3. The van der Waals surface area contributed by atoms with E-state index in [1.807, 2.05) is 14.0 Å². The molecule has 1 aromatic heterocycles. The molecule has 5 heteroatoms. The predicted octanol–water partition coefficient (Wildman–Crippen LogP) is 0.609. The van der Waals surface area contributed by atoms with Gasteiger partial charge in [-0.3, -0.25) is 9.78 Å². The molecule has 1 atom stereocenters. The fourth-order valence-electron chi connectivity index (χ4n) is 2.02. The zero-order valence-electron chi connectivity index (χ0n) is 10.3.